The fraction of sp³-hybridized carbons (Fsp3) is 0.500. The Hall–Kier alpha value is -3.40. The topological polar surface area (TPSA) is 138 Å². The quantitative estimate of drug-likeness (QED) is 0.305. The normalized spacial score (nSPS) is 16.7. The zero-order chi connectivity index (χ0) is 25.4. The molecule has 1 aliphatic rings. The van der Waals surface area contributed by atoms with Gasteiger partial charge in [0.2, 0.25) is 5.90 Å². The summed E-state index contributed by atoms with van der Waals surface area (Å²) in [5, 5.41) is 29.0. The van der Waals surface area contributed by atoms with E-state index in [1.807, 2.05) is 40.7 Å². The summed E-state index contributed by atoms with van der Waals surface area (Å²) in [4.78, 5) is 16.4. The van der Waals surface area contributed by atoms with Crippen molar-refractivity contribution in [3.05, 3.63) is 40.6 Å². The number of piperazine rings is 1. The molecule has 1 aromatic carbocycles. The number of likely N-dealkylation sites (N-methyl/N-ethyl adjacent to an activating group) is 1. The van der Waals surface area contributed by atoms with Crippen molar-refractivity contribution in [2.24, 2.45) is 0 Å². The standard InChI is InChI=1S/C24H37N7O3/c1-15(2)33-24(32)31-10-9-30(13-17(31)4)14-19-11-16(3)12-21(18(19)5)29-23(27)34-22(26)20(28-6)7-8-25/h7-8,11-12,15,17,25-26,28H,9-10,13-14H2,1-6H3,(H2,27,29)/b20-7-,25-8?,26-22?/t17-/m0/s1. The smallest absolute Gasteiger partial charge is 0.410 e. The molecule has 0 aliphatic carbocycles. The third kappa shape index (κ3) is 7.31. The molecule has 2 rings (SSSR count). The van der Waals surface area contributed by atoms with E-state index in [4.69, 9.17) is 25.7 Å². The van der Waals surface area contributed by atoms with Gasteiger partial charge in [0.25, 0.3) is 6.02 Å². The van der Waals surface area contributed by atoms with Gasteiger partial charge in [-0.1, -0.05) is 6.07 Å². The summed E-state index contributed by atoms with van der Waals surface area (Å²) in [7, 11) is 1.62. The van der Waals surface area contributed by atoms with Gasteiger partial charge in [-0.2, -0.15) is 0 Å². The molecule has 1 saturated heterocycles. The first-order chi connectivity index (χ1) is 16.0. The number of carbonyl (C=O) groups excluding carboxylic acids is 1. The van der Waals surface area contributed by atoms with Crippen LogP contribution < -0.4 is 10.6 Å². The monoisotopic (exact) mass is 471 g/mol. The Kier molecular flexibility index (Phi) is 9.61. The molecular weight excluding hydrogens is 434 g/mol. The lowest BCUT2D eigenvalue weighted by molar-refractivity contribution is 0.0349. The van der Waals surface area contributed by atoms with Crippen molar-refractivity contribution >= 4 is 29.9 Å². The number of amides is 1. The Bertz CT molecular complexity index is 958. The summed E-state index contributed by atoms with van der Waals surface area (Å²) >= 11 is 0. The molecule has 1 amide bonds. The van der Waals surface area contributed by atoms with Crippen LogP contribution in [0.3, 0.4) is 0 Å². The molecule has 0 bridgehead atoms. The summed E-state index contributed by atoms with van der Waals surface area (Å²) in [6.07, 6.45) is 2.03. The third-order valence-electron chi connectivity index (χ3n) is 5.55. The number of nitrogens with zero attached hydrogens (tertiary/aromatic N) is 2. The van der Waals surface area contributed by atoms with Crippen LogP contribution in [0.2, 0.25) is 0 Å². The van der Waals surface area contributed by atoms with Gasteiger partial charge in [-0.3, -0.25) is 15.7 Å². The molecule has 0 unspecified atom stereocenters. The zero-order valence-electron chi connectivity index (χ0n) is 20.9. The molecule has 1 aromatic rings. The Morgan fingerprint density at radius 1 is 1.26 bits per heavy atom. The SMILES string of the molecule is CN/C(=C\C=N)C(=N)OC(=N)Nc1cc(C)cc(CN2CCN(C(=O)OC(C)C)[C@@H](C)C2)c1C. The summed E-state index contributed by atoms with van der Waals surface area (Å²) in [5.74, 6) is -0.253. The van der Waals surface area contributed by atoms with E-state index in [1.165, 1.54) is 6.08 Å². The second-order valence-electron chi connectivity index (χ2n) is 8.69. The lowest BCUT2D eigenvalue weighted by Crippen LogP contribution is -2.54. The number of rotatable bonds is 7. The molecule has 186 valence electrons. The number of carbonyl (C=O) groups is 1. The van der Waals surface area contributed by atoms with Crippen LogP contribution in [-0.4, -0.2) is 72.9 Å². The van der Waals surface area contributed by atoms with E-state index in [1.54, 1.807) is 11.9 Å². The Balaban J connectivity index is 2.06. The number of allylic oxidation sites excluding steroid dienone is 1. The summed E-state index contributed by atoms with van der Waals surface area (Å²) < 4.78 is 10.6. The number of hydrogen-bond acceptors (Lipinski definition) is 8. The highest BCUT2D eigenvalue weighted by atomic mass is 16.6. The maximum Gasteiger partial charge on any atom is 0.410 e. The minimum absolute atomic E-state index is 0.0469. The van der Waals surface area contributed by atoms with Gasteiger partial charge >= 0.3 is 6.09 Å². The van der Waals surface area contributed by atoms with E-state index in [0.29, 0.717) is 12.2 Å². The van der Waals surface area contributed by atoms with Crippen molar-refractivity contribution < 1.29 is 14.3 Å². The highest BCUT2D eigenvalue weighted by Gasteiger charge is 2.29. The van der Waals surface area contributed by atoms with Crippen LogP contribution in [0.5, 0.6) is 0 Å². The number of ether oxygens (including phenoxy) is 2. The van der Waals surface area contributed by atoms with Gasteiger partial charge in [-0.15, -0.1) is 0 Å². The first-order valence-electron chi connectivity index (χ1n) is 11.4. The molecule has 34 heavy (non-hydrogen) atoms. The van der Waals surface area contributed by atoms with Crippen LogP contribution >= 0.6 is 0 Å². The predicted molar refractivity (Wildman–Crippen MR) is 135 cm³/mol. The lowest BCUT2D eigenvalue weighted by atomic mass is 10.0. The van der Waals surface area contributed by atoms with Crippen LogP contribution in [0.4, 0.5) is 10.5 Å². The summed E-state index contributed by atoms with van der Waals surface area (Å²) in [6, 6.07) is 3.84. The van der Waals surface area contributed by atoms with E-state index in [0.717, 1.165) is 48.2 Å². The van der Waals surface area contributed by atoms with Crippen LogP contribution in [0.1, 0.15) is 37.5 Å². The van der Waals surface area contributed by atoms with E-state index in [9.17, 15) is 4.79 Å². The van der Waals surface area contributed by atoms with Crippen molar-refractivity contribution in [3.63, 3.8) is 0 Å². The lowest BCUT2D eigenvalue weighted by Gasteiger charge is -2.39. The molecule has 1 heterocycles. The molecule has 0 saturated carbocycles. The first-order valence-corrected chi connectivity index (χ1v) is 11.4. The molecular formula is C24H37N7O3. The summed E-state index contributed by atoms with van der Waals surface area (Å²) in [5.41, 5.74) is 4.19. The average Bonchev–Trinajstić information content (AvgIpc) is 2.74. The van der Waals surface area contributed by atoms with E-state index >= 15 is 0 Å². The van der Waals surface area contributed by atoms with Crippen molar-refractivity contribution in [1.29, 1.82) is 16.2 Å². The van der Waals surface area contributed by atoms with Crippen molar-refractivity contribution in [3.8, 4) is 0 Å². The van der Waals surface area contributed by atoms with E-state index in [2.05, 4.69) is 21.6 Å². The number of amidine groups is 1. The predicted octanol–water partition coefficient (Wildman–Crippen LogP) is 3.45. The minimum Gasteiger partial charge on any atom is -0.447 e. The molecule has 1 fully saturated rings. The van der Waals surface area contributed by atoms with E-state index in [-0.39, 0.29) is 30.2 Å². The van der Waals surface area contributed by atoms with Crippen LogP contribution in [0, 0.1) is 30.1 Å². The molecule has 10 heteroatoms. The minimum atomic E-state index is -0.276. The Labute approximate surface area is 201 Å². The molecule has 5 N–H and O–H groups in total. The number of aryl methyl sites for hydroxylation is 1. The number of nitrogens with one attached hydrogen (secondary N) is 5. The molecule has 10 nitrogen and oxygen atoms in total. The van der Waals surface area contributed by atoms with Gasteiger partial charge in [-0.05, 0) is 63.5 Å². The zero-order valence-corrected chi connectivity index (χ0v) is 20.9. The van der Waals surface area contributed by atoms with Gasteiger partial charge in [0.1, 0.15) is 0 Å². The fourth-order valence-electron chi connectivity index (χ4n) is 3.85. The Morgan fingerprint density at radius 3 is 2.56 bits per heavy atom. The van der Waals surface area contributed by atoms with Crippen LogP contribution in [0.15, 0.2) is 23.9 Å². The number of benzene rings is 1. The summed E-state index contributed by atoms with van der Waals surface area (Å²) in [6.45, 7) is 12.5. The van der Waals surface area contributed by atoms with Gasteiger partial charge in [-0.25, -0.2) is 4.79 Å². The number of anilines is 1. The van der Waals surface area contributed by atoms with Crippen molar-refractivity contribution in [1.82, 2.24) is 15.1 Å². The molecule has 0 aromatic heterocycles. The maximum absolute atomic E-state index is 12.3. The Morgan fingerprint density at radius 2 is 1.97 bits per heavy atom. The molecule has 0 spiro atoms. The van der Waals surface area contributed by atoms with Gasteiger partial charge in [0.05, 0.1) is 11.8 Å². The van der Waals surface area contributed by atoms with Gasteiger partial charge in [0, 0.05) is 51.2 Å². The largest absolute Gasteiger partial charge is 0.447 e. The first kappa shape index (κ1) is 26.8. The maximum atomic E-state index is 12.3. The third-order valence-corrected chi connectivity index (χ3v) is 5.55. The van der Waals surface area contributed by atoms with Gasteiger partial charge < -0.3 is 30.4 Å². The highest BCUT2D eigenvalue weighted by Crippen LogP contribution is 2.24. The van der Waals surface area contributed by atoms with Crippen molar-refractivity contribution in [2.45, 2.75) is 53.3 Å². The fourth-order valence-corrected chi connectivity index (χ4v) is 3.85. The van der Waals surface area contributed by atoms with Crippen molar-refractivity contribution in [2.75, 3.05) is 32.0 Å². The van der Waals surface area contributed by atoms with Gasteiger partial charge in [0.15, 0.2) is 0 Å². The second kappa shape index (κ2) is 12.2. The number of hydrogen-bond donors (Lipinski definition) is 5. The molecule has 1 aliphatic heterocycles. The highest BCUT2D eigenvalue weighted by molar-refractivity contribution is 6.03. The van der Waals surface area contributed by atoms with E-state index < -0.39 is 0 Å². The average molecular weight is 472 g/mol. The molecule has 0 radical (unpaired) electrons. The second-order valence-corrected chi connectivity index (χ2v) is 8.69. The van der Waals surface area contributed by atoms with Crippen LogP contribution in [0.25, 0.3) is 0 Å². The van der Waals surface area contributed by atoms with Crippen LogP contribution in [-0.2, 0) is 16.0 Å². The molecule has 1 atom stereocenters.